The lowest BCUT2D eigenvalue weighted by Crippen LogP contribution is -2.01. The molecule has 6 heteroatoms. The highest BCUT2D eigenvalue weighted by Crippen LogP contribution is 2.29. The molecule has 0 saturated heterocycles. The van der Waals surface area contributed by atoms with Gasteiger partial charge in [0, 0.05) is 24.4 Å². The van der Waals surface area contributed by atoms with Gasteiger partial charge in [-0.15, -0.1) is 0 Å². The Hall–Kier alpha value is -2.63. The molecule has 0 aliphatic rings. The normalized spacial score (nSPS) is 10.2. The van der Waals surface area contributed by atoms with E-state index < -0.39 is 4.92 Å². The number of hydrogen-bond acceptors (Lipinski definition) is 4. The van der Waals surface area contributed by atoms with Gasteiger partial charge >= 0.3 is 0 Å². The van der Waals surface area contributed by atoms with Crippen molar-refractivity contribution >= 4 is 11.4 Å². The van der Waals surface area contributed by atoms with Crippen LogP contribution < -0.4 is 10.1 Å². The second kappa shape index (κ2) is 6.69. The fourth-order valence-corrected chi connectivity index (χ4v) is 1.76. The predicted molar refractivity (Wildman–Crippen MR) is 78.4 cm³/mol. The molecule has 0 radical (unpaired) electrons. The summed E-state index contributed by atoms with van der Waals surface area (Å²) in [5.41, 5.74) is 0.552. The first-order valence-corrected chi connectivity index (χ1v) is 6.55. The number of hydrogen-bond donors (Lipinski definition) is 1. The zero-order valence-electron chi connectivity index (χ0n) is 11.5. The van der Waals surface area contributed by atoms with Gasteiger partial charge in [0.25, 0.3) is 5.69 Å². The van der Waals surface area contributed by atoms with Crippen molar-refractivity contribution in [3.63, 3.8) is 0 Å². The van der Waals surface area contributed by atoms with Gasteiger partial charge in [0.15, 0.2) is 0 Å². The number of nitro benzene ring substituents is 1. The fraction of sp³-hybridized carbons (Fsp3) is 0.200. The number of ether oxygens (including phenoxy) is 1. The van der Waals surface area contributed by atoms with E-state index in [1.165, 1.54) is 36.4 Å². The van der Waals surface area contributed by atoms with E-state index in [2.05, 4.69) is 5.32 Å². The molecule has 2 aromatic carbocycles. The molecule has 0 aromatic heterocycles. The van der Waals surface area contributed by atoms with Crippen LogP contribution in [0, 0.1) is 15.9 Å². The number of rotatable bonds is 6. The zero-order valence-corrected chi connectivity index (χ0v) is 11.5. The molecule has 0 aliphatic carbocycles. The van der Waals surface area contributed by atoms with Gasteiger partial charge in [-0.05, 0) is 30.7 Å². The van der Waals surface area contributed by atoms with Crippen LogP contribution in [0.2, 0.25) is 0 Å². The average Bonchev–Trinajstić information content (AvgIpc) is 2.47. The maximum Gasteiger partial charge on any atom is 0.275 e. The van der Waals surface area contributed by atoms with Gasteiger partial charge in [0.1, 0.15) is 17.3 Å². The van der Waals surface area contributed by atoms with E-state index in [9.17, 15) is 14.5 Å². The van der Waals surface area contributed by atoms with Crippen molar-refractivity contribution < 1.29 is 14.1 Å². The van der Waals surface area contributed by atoms with Crippen LogP contribution in [0.25, 0.3) is 0 Å². The lowest BCUT2D eigenvalue weighted by Gasteiger charge is -2.09. The summed E-state index contributed by atoms with van der Waals surface area (Å²) in [7, 11) is 0. The summed E-state index contributed by atoms with van der Waals surface area (Å²) >= 11 is 0. The summed E-state index contributed by atoms with van der Waals surface area (Å²) in [5.74, 6) is 0.374. The maximum atomic E-state index is 12.8. The molecule has 2 aromatic rings. The molecule has 0 unspecified atom stereocenters. The minimum Gasteiger partial charge on any atom is -0.457 e. The average molecular weight is 290 g/mol. The number of halogens is 1. The Balaban J connectivity index is 2.26. The third-order valence-electron chi connectivity index (χ3n) is 2.73. The van der Waals surface area contributed by atoms with E-state index in [0.29, 0.717) is 23.7 Å². The lowest BCUT2D eigenvalue weighted by atomic mass is 10.2. The lowest BCUT2D eigenvalue weighted by molar-refractivity contribution is -0.384. The van der Waals surface area contributed by atoms with Crippen molar-refractivity contribution in [2.45, 2.75) is 13.3 Å². The third kappa shape index (κ3) is 4.17. The second-order valence-electron chi connectivity index (χ2n) is 4.46. The van der Waals surface area contributed by atoms with Crippen molar-refractivity contribution in [2.24, 2.45) is 0 Å². The monoisotopic (exact) mass is 290 g/mol. The van der Waals surface area contributed by atoms with Gasteiger partial charge in [0.2, 0.25) is 0 Å². The Kier molecular flexibility index (Phi) is 4.71. The van der Waals surface area contributed by atoms with E-state index in [1.807, 2.05) is 6.92 Å². The highest BCUT2D eigenvalue weighted by Gasteiger charge is 2.11. The molecule has 21 heavy (non-hydrogen) atoms. The minimum absolute atomic E-state index is 0.0618. The van der Waals surface area contributed by atoms with Gasteiger partial charge in [-0.2, -0.15) is 0 Å². The number of anilines is 1. The first-order valence-electron chi connectivity index (χ1n) is 6.55. The van der Waals surface area contributed by atoms with Crippen LogP contribution in [-0.4, -0.2) is 11.5 Å². The maximum absolute atomic E-state index is 12.8. The predicted octanol–water partition coefficient (Wildman–Crippen LogP) is 4.35. The van der Waals surface area contributed by atoms with Crippen LogP contribution in [0.15, 0.2) is 42.5 Å². The molecule has 0 saturated carbocycles. The Morgan fingerprint density at radius 2 is 1.90 bits per heavy atom. The Morgan fingerprint density at radius 1 is 1.19 bits per heavy atom. The first kappa shape index (κ1) is 14.8. The van der Waals surface area contributed by atoms with Gasteiger partial charge in [-0.1, -0.05) is 6.92 Å². The van der Waals surface area contributed by atoms with Crippen molar-refractivity contribution in [3.8, 4) is 11.5 Å². The van der Waals surface area contributed by atoms with Crippen molar-refractivity contribution in [1.82, 2.24) is 0 Å². The largest absolute Gasteiger partial charge is 0.457 e. The molecular formula is C15H15FN2O3. The van der Waals surface area contributed by atoms with E-state index in [1.54, 1.807) is 6.07 Å². The standard InChI is InChI=1S/C15H15FN2O3/c1-2-7-17-12-8-13(18(19)20)10-15(9-12)21-14-5-3-11(16)4-6-14/h3-6,8-10,17H,2,7H2,1H3. The summed E-state index contributed by atoms with van der Waals surface area (Å²) in [6.07, 6.45) is 0.900. The smallest absolute Gasteiger partial charge is 0.275 e. The highest BCUT2D eigenvalue weighted by atomic mass is 19.1. The minimum atomic E-state index is -0.478. The van der Waals surface area contributed by atoms with Crippen LogP contribution in [0.4, 0.5) is 15.8 Å². The van der Waals surface area contributed by atoms with Crippen LogP contribution in [-0.2, 0) is 0 Å². The molecule has 0 aliphatic heterocycles. The molecule has 0 fully saturated rings. The Morgan fingerprint density at radius 3 is 2.52 bits per heavy atom. The van der Waals surface area contributed by atoms with Crippen molar-refractivity contribution in [1.29, 1.82) is 0 Å². The van der Waals surface area contributed by atoms with Gasteiger partial charge < -0.3 is 10.1 Å². The third-order valence-corrected chi connectivity index (χ3v) is 2.73. The van der Waals surface area contributed by atoms with Crippen LogP contribution in [0.5, 0.6) is 11.5 Å². The molecule has 0 amide bonds. The summed E-state index contributed by atoms with van der Waals surface area (Å²) in [4.78, 5) is 10.5. The van der Waals surface area contributed by atoms with E-state index in [4.69, 9.17) is 4.74 Å². The number of nitro groups is 1. The van der Waals surface area contributed by atoms with Crippen molar-refractivity contribution in [2.75, 3.05) is 11.9 Å². The van der Waals surface area contributed by atoms with Gasteiger partial charge in [-0.3, -0.25) is 10.1 Å². The van der Waals surface area contributed by atoms with Gasteiger partial charge in [-0.25, -0.2) is 4.39 Å². The Bertz CT molecular complexity index is 629. The molecule has 5 nitrogen and oxygen atoms in total. The molecular weight excluding hydrogens is 275 g/mol. The molecule has 0 heterocycles. The van der Waals surface area contributed by atoms with E-state index >= 15 is 0 Å². The number of nitrogens with zero attached hydrogens (tertiary/aromatic N) is 1. The van der Waals surface area contributed by atoms with Crippen LogP contribution in [0.3, 0.4) is 0 Å². The SMILES string of the molecule is CCCNc1cc(Oc2ccc(F)cc2)cc([N+](=O)[O-])c1. The summed E-state index contributed by atoms with van der Waals surface area (Å²) < 4.78 is 18.4. The molecule has 1 N–H and O–H groups in total. The van der Waals surface area contributed by atoms with E-state index in [0.717, 1.165) is 6.42 Å². The highest BCUT2D eigenvalue weighted by molar-refractivity contribution is 5.57. The topological polar surface area (TPSA) is 64.4 Å². The molecule has 2 rings (SSSR count). The quantitative estimate of drug-likeness (QED) is 0.634. The second-order valence-corrected chi connectivity index (χ2v) is 4.46. The molecule has 0 bridgehead atoms. The molecule has 0 spiro atoms. The summed E-state index contributed by atoms with van der Waals surface area (Å²) in [6, 6.07) is 9.92. The first-order chi connectivity index (χ1) is 10.1. The number of nitrogens with one attached hydrogen (secondary N) is 1. The van der Waals surface area contributed by atoms with Gasteiger partial charge in [0.05, 0.1) is 11.0 Å². The number of benzene rings is 2. The summed E-state index contributed by atoms with van der Waals surface area (Å²) in [6.45, 7) is 2.71. The molecule has 0 atom stereocenters. The van der Waals surface area contributed by atoms with Crippen molar-refractivity contribution in [3.05, 3.63) is 58.4 Å². The fourth-order valence-electron chi connectivity index (χ4n) is 1.76. The molecule has 110 valence electrons. The Labute approximate surface area is 121 Å². The van der Waals surface area contributed by atoms with Crippen LogP contribution >= 0.6 is 0 Å². The number of non-ortho nitro benzene ring substituents is 1. The van der Waals surface area contributed by atoms with E-state index in [-0.39, 0.29) is 11.5 Å². The summed E-state index contributed by atoms with van der Waals surface area (Å²) in [5, 5.41) is 14.0. The zero-order chi connectivity index (χ0) is 15.2. The van der Waals surface area contributed by atoms with Crippen LogP contribution in [0.1, 0.15) is 13.3 Å².